The van der Waals surface area contributed by atoms with Gasteiger partial charge in [0.2, 0.25) is 10.0 Å². The first-order chi connectivity index (χ1) is 8.36. The second-order valence-electron chi connectivity index (χ2n) is 4.16. The molecule has 4 nitrogen and oxygen atoms in total. The lowest BCUT2D eigenvalue weighted by molar-refractivity contribution is 0.162. The molecule has 0 aliphatic carbocycles. The molecule has 0 aliphatic heterocycles. The molecule has 0 saturated carbocycles. The highest BCUT2D eigenvalue weighted by Gasteiger charge is 2.15. The zero-order chi connectivity index (χ0) is 13.8. The Labute approximate surface area is 107 Å². The van der Waals surface area contributed by atoms with Gasteiger partial charge in [-0.25, -0.2) is 17.5 Å². The zero-order valence-corrected chi connectivity index (χ0v) is 11.3. The summed E-state index contributed by atoms with van der Waals surface area (Å²) in [5.41, 5.74) is 0.284. The molecule has 0 spiro atoms. The van der Waals surface area contributed by atoms with Gasteiger partial charge < -0.3 is 5.11 Å². The van der Waals surface area contributed by atoms with Crippen molar-refractivity contribution in [2.45, 2.75) is 37.7 Å². The SMILES string of the molecule is CCC(O)CCNS(=O)(=O)c1ccc(F)c(C)c1. The fraction of sp³-hybridized carbons (Fsp3) is 0.500. The van der Waals surface area contributed by atoms with Crippen LogP contribution in [-0.4, -0.2) is 26.2 Å². The maximum absolute atomic E-state index is 13.0. The first-order valence-corrected chi connectivity index (χ1v) is 7.29. The van der Waals surface area contributed by atoms with Crippen molar-refractivity contribution >= 4 is 10.0 Å². The molecule has 0 fully saturated rings. The number of sulfonamides is 1. The molecule has 1 atom stereocenters. The molecule has 6 heteroatoms. The molecule has 0 heterocycles. The van der Waals surface area contributed by atoms with Crippen LogP contribution in [0.5, 0.6) is 0 Å². The lowest BCUT2D eigenvalue weighted by atomic mass is 10.2. The van der Waals surface area contributed by atoms with Crippen LogP contribution in [0, 0.1) is 12.7 Å². The Balaban J connectivity index is 2.71. The van der Waals surface area contributed by atoms with E-state index in [2.05, 4.69) is 4.72 Å². The summed E-state index contributed by atoms with van der Waals surface area (Å²) in [4.78, 5) is 0.0346. The molecule has 18 heavy (non-hydrogen) atoms. The molecule has 0 saturated heterocycles. The number of hydrogen-bond acceptors (Lipinski definition) is 3. The molecule has 1 aromatic carbocycles. The van der Waals surface area contributed by atoms with Crippen LogP contribution >= 0.6 is 0 Å². The lowest BCUT2D eigenvalue weighted by Crippen LogP contribution is -2.27. The summed E-state index contributed by atoms with van der Waals surface area (Å²) < 4.78 is 39.1. The summed E-state index contributed by atoms with van der Waals surface area (Å²) in [5.74, 6) is -0.435. The number of aliphatic hydroxyl groups is 1. The average molecular weight is 275 g/mol. The topological polar surface area (TPSA) is 66.4 Å². The summed E-state index contributed by atoms with van der Waals surface area (Å²) >= 11 is 0. The van der Waals surface area contributed by atoms with Gasteiger partial charge >= 0.3 is 0 Å². The third kappa shape index (κ3) is 4.04. The second-order valence-corrected chi connectivity index (χ2v) is 5.93. The summed E-state index contributed by atoms with van der Waals surface area (Å²) in [7, 11) is -3.63. The van der Waals surface area contributed by atoms with E-state index < -0.39 is 21.9 Å². The van der Waals surface area contributed by atoms with Crippen molar-refractivity contribution in [3.63, 3.8) is 0 Å². The minimum absolute atomic E-state index is 0.0346. The molecule has 2 N–H and O–H groups in total. The maximum Gasteiger partial charge on any atom is 0.240 e. The number of hydrogen-bond donors (Lipinski definition) is 2. The quantitative estimate of drug-likeness (QED) is 0.828. The highest BCUT2D eigenvalue weighted by atomic mass is 32.2. The van der Waals surface area contributed by atoms with Gasteiger partial charge in [0.15, 0.2) is 0 Å². The molecular formula is C12H18FNO3S. The fourth-order valence-corrected chi connectivity index (χ4v) is 2.56. The van der Waals surface area contributed by atoms with Crippen LogP contribution in [0.15, 0.2) is 23.1 Å². The van der Waals surface area contributed by atoms with E-state index in [4.69, 9.17) is 0 Å². The Bertz CT molecular complexity index is 502. The Kier molecular flexibility index (Phi) is 5.25. The maximum atomic E-state index is 13.0. The summed E-state index contributed by atoms with van der Waals surface area (Å²) in [6, 6.07) is 3.64. The minimum Gasteiger partial charge on any atom is -0.393 e. The van der Waals surface area contributed by atoms with Crippen molar-refractivity contribution in [2.24, 2.45) is 0 Å². The smallest absolute Gasteiger partial charge is 0.240 e. The summed E-state index contributed by atoms with van der Waals surface area (Å²) in [6.45, 7) is 3.49. The van der Waals surface area contributed by atoms with Gasteiger partial charge in [-0.1, -0.05) is 6.92 Å². The highest BCUT2D eigenvalue weighted by molar-refractivity contribution is 7.89. The van der Waals surface area contributed by atoms with Gasteiger partial charge in [-0.2, -0.15) is 0 Å². The van der Waals surface area contributed by atoms with Crippen LogP contribution in [0.4, 0.5) is 4.39 Å². The van der Waals surface area contributed by atoms with E-state index in [9.17, 15) is 17.9 Å². The van der Waals surface area contributed by atoms with E-state index >= 15 is 0 Å². The monoisotopic (exact) mass is 275 g/mol. The highest BCUT2D eigenvalue weighted by Crippen LogP contribution is 2.14. The molecule has 0 radical (unpaired) electrons. The Morgan fingerprint density at radius 3 is 2.67 bits per heavy atom. The summed E-state index contributed by atoms with van der Waals surface area (Å²) in [6.07, 6.45) is 0.426. The van der Waals surface area contributed by atoms with E-state index in [-0.39, 0.29) is 17.0 Å². The van der Waals surface area contributed by atoms with E-state index in [1.165, 1.54) is 19.1 Å². The Morgan fingerprint density at radius 1 is 1.44 bits per heavy atom. The average Bonchev–Trinajstić information content (AvgIpc) is 2.32. The molecule has 0 aromatic heterocycles. The van der Waals surface area contributed by atoms with Gasteiger partial charge in [-0.3, -0.25) is 0 Å². The van der Waals surface area contributed by atoms with Gasteiger partial charge in [-0.15, -0.1) is 0 Å². The predicted molar refractivity (Wildman–Crippen MR) is 67.2 cm³/mol. The molecule has 1 rings (SSSR count). The van der Waals surface area contributed by atoms with Crippen LogP contribution in [0.3, 0.4) is 0 Å². The molecule has 102 valence electrons. The standard InChI is InChI=1S/C12H18FNO3S/c1-3-10(15)6-7-14-18(16,17)11-4-5-12(13)9(2)8-11/h4-5,8,10,14-15H,3,6-7H2,1-2H3. The largest absolute Gasteiger partial charge is 0.393 e. The Morgan fingerprint density at radius 2 is 2.11 bits per heavy atom. The molecule has 1 unspecified atom stereocenters. The number of halogens is 1. The van der Waals surface area contributed by atoms with Crippen LogP contribution in [0.2, 0.25) is 0 Å². The van der Waals surface area contributed by atoms with Crippen LogP contribution in [-0.2, 0) is 10.0 Å². The van der Waals surface area contributed by atoms with E-state index in [0.717, 1.165) is 6.07 Å². The second kappa shape index (κ2) is 6.26. The number of benzene rings is 1. The minimum atomic E-state index is -3.63. The Hall–Kier alpha value is -0.980. The van der Waals surface area contributed by atoms with Crippen LogP contribution in [0.1, 0.15) is 25.3 Å². The molecular weight excluding hydrogens is 257 g/mol. The van der Waals surface area contributed by atoms with Crippen molar-refractivity contribution < 1.29 is 17.9 Å². The van der Waals surface area contributed by atoms with Crippen molar-refractivity contribution in [1.29, 1.82) is 0 Å². The van der Waals surface area contributed by atoms with Gasteiger partial charge in [0.1, 0.15) is 5.82 Å². The third-order valence-corrected chi connectivity index (χ3v) is 4.14. The van der Waals surface area contributed by atoms with Gasteiger partial charge in [0, 0.05) is 6.54 Å². The van der Waals surface area contributed by atoms with Crippen LogP contribution in [0.25, 0.3) is 0 Å². The van der Waals surface area contributed by atoms with Crippen molar-refractivity contribution in [2.75, 3.05) is 6.54 Å². The molecule has 0 bridgehead atoms. The third-order valence-electron chi connectivity index (χ3n) is 2.68. The van der Waals surface area contributed by atoms with E-state index in [0.29, 0.717) is 12.8 Å². The first-order valence-electron chi connectivity index (χ1n) is 5.80. The number of aliphatic hydroxyl groups excluding tert-OH is 1. The number of aryl methyl sites for hydroxylation is 1. The van der Waals surface area contributed by atoms with Crippen LogP contribution < -0.4 is 4.72 Å². The van der Waals surface area contributed by atoms with Crippen molar-refractivity contribution in [3.8, 4) is 0 Å². The van der Waals surface area contributed by atoms with Gasteiger partial charge in [0.25, 0.3) is 0 Å². The van der Waals surface area contributed by atoms with Crippen molar-refractivity contribution in [1.82, 2.24) is 4.72 Å². The van der Waals surface area contributed by atoms with E-state index in [1.54, 1.807) is 0 Å². The fourth-order valence-electron chi connectivity index (χ4n) is 1.43. The van der Waals surface area contributed by atoms with Crippen molar-refractivity contribution in [3.05, 3.63) is 29.6 Å². The lowest BCUT2D eigenvalue weighted by Gasteiger charge is -2.10. The zero-order valence-electron chi connectivity index (χ0n) is 10.5. The van der Waals surface area contributed by atoms with Gasteiger partial charge in [-0.05, 0) is 43.5 Å². The molecule has 0 amide bonds. The molecule has 0 aliphatic rings. The molecule has 1 aromatic rings. The normalized spacial score (nSPS) is 13.6. The number of rotatable bonds is 6. The predicted octanol–water partition coefficient (Wildman–Crippen LogP) is 1.57. The van der Waals surface area contributed by atoms with E-state index in [1.807, 2.05) is 6.92 Å². The van der Waals surface area contributed by atoms with Gasteiger partial charge in [0.05, 0.1) is 11.0 Å². The first kappa shape index (κ1) is 15.1. The summed E-state index contributed by atoms with van der Waals surface area (Å²) in [5, 5.41) is 9.32. The number of nitrogens with one attached hydrogen (secondary N) is 1.